The van der Waals surface area contributed by atoms with Gasteiger partial charge in [-0.15, -0.1) is 0 Å². The summed E-state index contributed by atoms with van der Waals surface area (Å²) >= 11 is 0. The Kier molecular flexibility index (Phi) is 4.53. The fraction of sp³-hybridized carbons (Fsp3) is 0.333. The molecular formula is C12H15NO5. The van der Waals surface area contributed by atoms with Crippen molar-refractivity contribution in [2.75, 3.05) is 27.8 Å². The van der Waals surface area contributed by atoms with Crippen molar-refractivity contribution in [1.29, 1.82) is 0 Å². The molecule has 0 aliphatic rings. The molecule has 0 bridgehead atoms. The van der Waals surface area contributed by atoms with Gasteiger partial charge >= 0.3 is 5.97 Å². The highest BCUT2D eigenvalue weighted by Gasteiger charge is 2.15. The molecule has 98 valence electrons. The van der Waals surface area contributed by atoms with Gasteiger partial charge in [0.15, 0.2) is 6.61 Å². The SMILES string of the molecule is COc1ccc(C(=O)OCC(=O)N(C)C)c(O)c1. The Bertz CT molecular complexity index is 456. The number of methoxy groups -OCH3 is 1. The molecule has 0 aliphatic carbocycles. The van der Waals surface area contributed by atoms with E-state index in [-0.39, 0.29) is 23.8 Å². The van der Waals surface area contributed by atoms with Gasteiger partial charge in [-0.05, 0) is 12.1 Å². The second kappa shape index (κ2) is 5.90. The largest absolute Gasteiger partial charge is 0.507 e. The Morgan fingerprint density at radius 2 is 2.00 bits per heavy atom. The number of nitrogens with zero attached hydrogens (tertiary/aromatic N) is 1. The first-order chi connectivity index (χ1) is 8.45. The minimum absolute atomic E-state index is 0.0117. The third-order valence-electron chi connectivity index (χ3n) is 2.25. The number of amides is 1. The Hall–Kier alpha value is -2.24. The topological polar surface area (TPSA) is 76.1 Å². The molecule has 1 aromatic carbocycles. The monoisotopic (exact) mass is 253 g/mol. The molecule has 0 aromatic heterocycles. The molecule has 0 heterocycles. The minimum Gasteiger partial charge on any atom is -0.507 e. The van der Waals surface area contributed by atoms with E-state index in [0.717, 1.165) is 0 Å². The zero-order valence-corrected chi connectivity index (χ0v) is 10.5. The highest BCUT2D eigenvalue weighted by Crippen LogP contribution is 2.23. The van der Waals surface area contributed by atoms with Crippen molar-refractivity contribution in [3.8, 4) is 11.5 Å². The van der Waals surface area contributed by atoms with Crippen LogP contribution >= 0.6 is 0 Å². The fourth-order valence-corrected chi connectivity index (χ4v) is 1.15. The van der Waals surface area contributed by atoms with Crippen LogP contribution in [0.2, 0.25) is 0 Å². The van der Waals surface area contributed by atoms with Gasteiger partial charge in [-0.25, -0.2) is 4.79 Å². The average Bonchev–Trinajstić information content (AvgIpc) is 2.34. The molecular weight excluding hydrogens is 238 g/mol. The molecule has 1 rings (SSSR count). The number of carbonyl (C=O) groups excluding carboxylic acids is 2. The predicted molar refractivity (Wildman–Crippen MR) is 63.6 cm³/mol. The van der Waals surface area contributed by atoms with Gasteiger partial charge in [-0.1, -0.05) is 0 Å². The van der Waals surface area contributed by atoms with E-state index in [0.29, 0.717) is 5.75 Å². The summed E-state index contributed by atoms with van der Waals surface area (Å²) in [6, 6.07) is 4.19. The van der Waals surface area contributed by atoms with E-state index in [1.807, 2.05) is 0 Å². The quantitative estimate of drug-likeness (QED) is 0.797. The Labute approximate surface area is 105 Å². The summed E-state index contributed by atoms with van der Waals surface area (Å²) in [6.07, 6.45) is 0. The molecule has 0 unspecified atom stereocenters. The first kappa shape index (κ1) is 13.8. The van der Waals surface area contributed by atoms with E-state index in [2.05, 4.69) is 0 Å². The van der Waals surface area contributed by atoms with Crippen molar-refractivity contribution in [3.63, 3.8) is 0 Å². The van der Waals surface area contributed by atoms with Crippen LogP contribution in [0.3, 0.4) is 0 Å². The lowest BCUT2D eigenvalue weighted by Crippen LogP contribution is -2.27. The van der Waals surface area contributed by atoms with Crippen LogP contribution in [-0.2, 0) is 9.53 Å². The third kappa shape index (κ3) is 3.38. The summed E-state index contributed by atoms with van der Waals surface area (Å²) in [6.45, 7) is -0.364. The van der Waals surface area contributed by atoms with E-state index in [1.54, 1.807) is 14.1 Å². The summed E-state index contributed by atoms with van der Waals surface area (Å²) < 4.78 is 9.66. The summed E-state index contributed by atoms with van der Waals surface area (Å²) in [5.41, 5.74) is -0.0117. The highest BCUT2D eigenvalue weighted by atomic mass is 16.5. The Morgan fingerprint density at radius 3 is 2.50 bits per heavy atom. The van der Waals surface area contributed by atoms with Crippen LogP contribution in [0.15, 0.2) is 18.2 Å². The predicted octanol–water partition coefficient (Wildman–Crippen LogP) is 0.646. The first-order valence-corrected chi connectivity index (χ1v) is 5.20. The van der Waals surface area contributed by atoms with Crippen molar-refractivity contribution in [2.24, 2.45) is 0 Å². The van der Waals surface area contributed by atoms with E-state index in [9.17, 15) is 14.7 Å². The molecule has 1 amide bonds. The lowest BCUT2D eigenvalue weighted by molar-refractivity contribution is -0.131. The number of phenolic OH excluding ortho intramolecular Hbond substituents is 1. The van der Waals surface area contributed by atoms with Gasteiger partial charge in [0.1, 0.15) is 17.1 Å². The number of ether oxygens (including phenoxy) is 2. The third-order valence-corrected chi connectivity index (χ3v) is 2.25. The molecule has 6 nitrogen and oxygen atoms in total. The van der Waals surface area contributed by atoms with Crippen molar-refractivity contribution < 1.29 is 24.2 Å². The normalized spacial score (nSPS) is 9.72. The molecule has 1 N–H and O–H groups in total. The van der Waals surface area contributed by atoms with Crippen molar-refractivity contribution in [3.05, 3.63) is 23.8 Å². The molecule has 0 fully saturated rings. The van der Waals surface area contributed by atoms with E-state index < -0.39 is 5.97 Å². The van der Waals surface area contributed by atoms with Gasteiger partial charge in [0.25, 0.3) is 5.91 Å². The van der Waals surface area contributed by atoms with Crippen LogP contribution in [0.25, 0.3) is 0 Å². The molecule has 0 saturated carbocycles. The number of hydrogen-bond acceptors (Lipinski definition) is 5. The molecule has 1 aromatic rings. The number of likely N-dealkylation sites (N-methyl/N-ethyl adjacent to an activating group) is 1. The van der Waals surface area contributed by atoms with Gasteiger partial charge < -0.3 is 19.5 Å². The number of aromatic hydroxyl groups is 1. The van der Waals surface area contributed by atoms with Gasteiger partial charge in [0.05, 0.1) is 7.11 Å². The van der Waals surface area contributed by atoms with Gasteiger partial charge in [0.2, 0.25) is 0 Å². The van der Waals surface area contributed by atoms with Crippen LogP contribution in [-0.4, -0.2) is 49.7 Å². The van der Waals surface area contributed by atoms with Gasteiger partial charge in [0, 0.05) is 20.2 Å². The number of benzene rings is 1. The van der Waals surface area contributed by atoms with Crippen molar-refractivity contribution in [2.45, 2.75) is 0 Å². The molecule has 0 spiro atoms. The number of esters is 1. The molecule has 6 heteroatoms. The van der Waals surface area contributed by atoms with Crippen LogP contribution in [0.5, 0.6) is 11.5 Å². The second-order valence-electron chi connectivity index (χ2n) is 3.75. The van der Waals surface area contributed by atoms with E-state index in [1.165, 1.54) is 30.2 Å². The van der Waals surface area contributed by atoms with Crippen LogP contribution in [0.4, 0.5) is 0 Å². The smallest absolute Gasteiger partial charge is 0.342 e. The van der Waals surface area contributed by atoms with Crippen LogP contribution in [0, 0.1) is 0 Å². The summed E-state index contributed by atoms with van der Waals surface area (Å²) in [4.78, 5) is 24.1. The average molecular weight is 253 g/mol. The zero-order valence-electron chi connectivity index (χ0n) is 10.5. The maximum Gasteiger partial charge on any atom is 0.342 e. The van der Waals surface area contributed by atoms with E-state index in [4.69, 9.17) is 9.47 Å². The minimum atomic E-state index is -0.759. The number of carbonyl (C=O) groups is 2. The highest BCUT2D eigenvalue weighted by molar-refractivity contribution is 5.94. The first-order valence-electron chi connectivity index (χ1n) is 5.20. The summed E-state index contributed by atoms with van der Waals surface area (Å²) in [5, 5.41) is 9.59. The van der Waals surface area contributed by atoms with Crippen molar-refractivity contribution >= 4 is 11.9 Å². The lowest BCUT2D eigenvalue weighted by Gasteiger charge is -2.11. The second-order valence-corrected chi connectivity index (χ2v) is 3.75. The zero-order chi connectivity index (χ0) is 13.7. The fourth-order valence-electron chi connectivity index (χ4n) is 1.15. The number of hydrogen-bond donors (Lipinski definition) is 1. The summed E-state index contributed by atoms with van der Waals surface area (Å²) in [5.74, 6) is -0.924. The standard InChI is InChI=1S/C12H15NO5/c1-13(2)11(15)7-18-12(16)9-5-4-8(17-3)6-10(9)14/h4-6,14H,7H2,1-3H3. The van der Waals surface area contributed by atoms with E-state index >= 15 is 0 Å². The Morgan fingerprint density at radius 1 is 1.33 bits per heavy atom. The van der Waals surface area contributed by atoms with Crippen LogP contribution < -0.4 is 4.74 Å². The van der Waals surface area contributed by atoms with Gasteiger partial charge in [-0.3, -0.25) is 4.79 Å². The van der Waals surface area contributed by atoms with Crippen molar-refractivity contribution in [1.82, 2.24) is 4.90 Å². The molecule has 0 saturated heterocycles. The summed E-state index contributed by atoms with van der Waals surface area (Å²) in [7, 11) is 4.56. The molecule has 0 atom stereocenters. The maximum atomic E-state index is 11.6. The molecule has 0 aliphatic heterocycles. The number of rotatable bonds is 4. The van der Waals surface area contributed by atoms with Gasteiger partial charge in [-0.2, -0.15) is 0 Å². The molecule has 18 heavy (non-hydrogen) atoms. The maximum absolute atomic E-state index is 11.6. The molecule has 0 radical (unpaired) electrons. The Balaban J connectivity index is 2.70. The lowest BCUT2D eigenvalue weighted by atomic mass is 10.2. The van der Waals surface area contributed by atoms with Crippen LogP contribution in [0.1, 0.15) is 10.4 Å². The number of phenols is 1.